The van der Waals surface area contributed by atoms with Crippen LogP contribution in [0.4, 0.5) is 5.69 Å². The van der Waals surface area contributed by atoms with Gasteiger partial charge in [-0.25, -0.2) is 4.90 Å². The molecule has 108 valence electrons. The van der Waals surface area contributed by atoms with Crippen molar-refractivity contribution in [1.29, 1.82) is 0 Å². The number of rotatable bonds is 1. The number of amides is 3. The maximum absolute atomic E-state index is 12.6. The molecule has 0 saturated heterocycles. The molecule has 0 saturated carbocycles. The number of carbonyl (C=O) groups excluding carboxylic acids is 3. The molecule has 0 fully saturated rings. The van der Waals surface area contributed by atoms with Crippen LogP contribution in [0.5, 0.6) is 0 Å². The average molecular weight is 292 g/mol. The number of benzene rings is 2. The molecule has 2 aliphatic rings. The number of nitrogens with zero attached hydrogens (tertiary/aromatic N) is 1. The first-order valence-corrected chi connectivity index (χ1v) is 6.98. The minimum absolute atomic E-state index is 0.173. The molecule has 0 atom stereocenters. The van der Waals surface area contributed by atoms with E-state index in [0.29, 0.717) is 34.5 Å². The summed E-state index contributed by atoms with van der Waals surface area (Å²) in [5.74, 6) is -0.847. The van der Waals surface area contributed by atoms with Gasteiger partial charge in [0.2, 0.25) is 0 Å². The van der Waals surface area contributed by atoms with Crippen molar-refractivity contribution in [3.63, 3.8) is 0 Å². The van der Waals surface area contributed by atoms with E-state index in [1.807, 2.05) is 6.92 Å². The third-order valence-corrected chi connectivity index (χ3v) is 4.17. The molecule has 5 nitrogen and oxygen atoms in total. The van der Waals surface area contributed by atoms with E-state index >= 15 is 0 Å². The Kier molecular flexibility index (Phi) is 2.48. The van der Waals surface area contributed by atoms with Crippen LogP contribution in [0.15, 0.2) is 36.4 Å². The van der Waals surface area contributed by atoms with Gasteiger partial charge in [-0.2, -0.15) is 0 Å². The van der Waals surface area contributed by atoms with E-state index in [1.54, 1.807) is 36.4 Å². The first-order valence-electron chi connectivity index (χ1n) is 6.98. The fourth-order valence-corrected chi connectivity index (χ4v) is 3.11. The molecule has 0 aliphatic carbocycles. The van der Waals surface area contributed by atoms with Gasteiger partial charge in [-0.1, -0.05) is 18.2 Å². The Balaban J connectivity index is 1.94. The van der Waals surface area contributed by atoms with Crippen LogP contribution < -0.4 is 10.2 Å². The molecular weight excluding hydrogens is 280 g/mol. The summed E-state index contributed by atoms with van der Waals surface area (Å²) in [6.07, 6.45) is 0. The minimum Gasteiger partial charge on any atom is -0.348 e. The second-order valence-corrected chi connectivity index (χ2v) is 5.43. The van der Waals surface area contributed by atoms with Gasteiger partial charge in [0.1, 0.15) is 0 Å². The number of carbonyl (C=O) groups is 3. The minimum atomic E-state index is -0.337. The molecular formula is C17H12N2O3. The zero-order valence-corrected chi connectivity index (χ0v) is 11.8. The summed E-state index contributed by atoms with van der Waals surface area (Å²) < 4.78 is 0. The van der Waals surface area contributed by atoms with E-state index in [2.05, 4.69) is 5.32 Å². The molecule has 22 heavy (non-hydrogen) atoms. The summed E-state index contributed by atoms with van der Waals surface area (Å²) in [6, 6.07) is 10.3. The molecule has 4 rings (SSSR count). The molecule has 2 aromatic rings. The van der Waals surface area contributed by atoms with Crippen LogP contribution in [-0.2, 0) is 6.54 Å². The van der Waals surface area contributed by atoms with Crippen LogP contribution >= 0.6 is 0 Å². The Labute approximate surface area is 126 Å². The maximum Gasteiger partial charge on any atom is 0.266 e. The van der Waals surface area contributed by atoms with E-state index in [0.717, 1.165) is 5.56 Å². The molecule has 0 radical (unpaired) electrons. The van der Waals surface area contributed by atoms with Crippen molar-refractivity contribution in [3.8, 4) is 0 Å². The van der Waals surface area contributed by atoms with Crippen molar-refractivity contribution >= 4 is 23.4 Å². The number of nitrogens with one attached hydrogen (secondary N) is 1. The van der Waals surface area contributed by atoms with Crippen molar-refractivity contribution < 1.29 is 14.4 Å². The first-order chi connectivity index (χ1) is 10.6. The standard InChI is InChI=1S/C17H12N2O3/c1-9-6-7-10-13(8-18-15(10)20)14(9)19-16(21)11-4-2-3-5-12(11)17(19)22/h2-7H,8H2,1H3,(H,18,20). The lowest BCUT2D eigenvalue weighted by atomic mass is 10.0. The van der Waals surface area contributed by atoms with Crippen LogP contribution in [0, 0.1) is 6.92 Å². The molecule has 0 bridgehead atoms. The van der Waals surface area contributed by atoms with Gasteiger partial charge < -0.3 is 5.32 Å². The summed E-state index contributed by atoms with van der Waals surface area (Å²) in [6.45, 7) is 2.17. The number of hydrogen-bond donors (Lipinski definition) is 1. The second kappa shape index (κ2) is 4.27. The van der Waals surface area contributed by atoms with Gasteiger partial charge in [0, 0.05) is 17.7 Å². The Morgan fingerprint density at radius 2 is 1.55 bits per heavy atom. The summed E-state index contributed by atoms with van der Waals surface area (Å²) in [5, 5.41) is 2.74. The molecule has 0 spiro atoms. The van der Waals surface area contributed by atoms with Gasteiger partial charge in [-0.05, 0) is 30.7 Å². The second-order valence-electron chi connectivity index (χ2n) is 5.43. The fraction of sp³-hybridized carbons (Fsp3) is 0.118. The van der Waals surface area contributed by atoms with Crippen molar-refractivity contribution in [1.82, 2.24) is 5.32 Å². The Morgan fingerprint density at radius 1 is 0.909 bits per heavy atom. The SMILES string of the molecule is Cc1ccc2c(c1N1C(=O)c3ccccc3C1=O)CNC2=O. The molecule has 0 unspecified atom stereocenters. The summed E-state index contributed by atoms with van der Waals surface area (Å²) in [7, 11) is 0. The molecule has 3 amide bonds. The molecule has 1 N–H and O–H groups in total. The van der Waals surface area contributed by atoms with Crippen LogP contribution in [0.3, 0.4) is 0 Å². The molecule has 2 heterocycles. The lowest BCUT2D eigenvalue weighted by Crippen LogP contribution is -2.31. The number of aryl methyl sites for hydroxylation is 1. The third kappa shape index (κ3) is 1.50. The number of fused-ring (bicyclic) bond motifs is 2. The van der Waals surface area contributed by atoms with Crippen LogP contribution in [0.1, 0.15) is 42.2 Å². The number of anilines is 1. The van der Waals surface area contributed by atoms with Crippen LogP contribution in [0.2, 0.25) is 0 Å². The monoisotopic (exact) mass is 292 g/mol. The average Bonchev–Trinajstić information content (AvgIpc) is 3.01. The highest BCUT2D eigenvalue weighted by molar-refractivity contribution is 6.35. The maximum atomic E-state index is 12.6. The topological polar surface area (TPSA) is 66.5 Å². The normalized spacial score (nSPS) is 15.9. The smallest absolute Gasteiger partial charge is 0.266 e. The number of imide groups is 1. The lowest BCUT2D eigenvalue weighted by molar-refractivity contribution is 0.0922. The fourth-order valence-electron chi connectivity index (χ4n) is 3.11. The van der Waals surface area contributed by atoms with Gasteiger partial charge in [-0.3, -0.25) is 14.4 Å². The van der Waals surface area contributed by atoms with E-state index in [1.165, 1.54) is 4.90 Å². The molecule has 2 aliphatic heterocycles. The first kappa shape index (κ1) is 12.8. The van der Waals surface area contributed by atoms with Crippen LogP contribution in [-0.4, -0.2) is 17.7 Å². The highest BCUT2D eigenvalue weighted by Gasteiger charge is 2.39. The highest BCUT2D eigenvalue weighted by Crippen LogP contribution is 2.36. The van der Waals surface area contributed by atoms with Crippen molar-refractivity contribution in [3.05, 3.63) is 64.2 Å². The summed E-state index contributed by atoms with van der Waals surface area (Å²) in [4.78, 5) is 38.3. The van der Waals surface area contributed by atoms with Crippen molar-refractivity contribution in [2.24, 2.45) is 0 Å². The predicted octanol–water partition coefficient (Wildman–Crippen LogP) is 2.04. The van der Waals surface area contributed by atoms with Gasteiger partial charge in [0.05, 0.1) is 16.8 Å². The van der Waals surface area contributed by atoms with E-state index < -0.39 is 0 Å². The lowest BCUT2D eigenvalue weighted by Gasteiger charge is -2.19. The predicted molar refractivity (Wildman–Crippen MR) is 79.9 cm³/mol. The molecule has 5 heteroatoms. The van der Waals surface area contributed by atoms with Crippen LogP contribution in [0.25, 0.3) is 0 Å². The van der Waals surface area contributed by atoms with Gasteiger partial charge in [-0.15, -0.1) is 0 Å². The van der Waals surface area contributed by atoms with Crippen molar-refractivity contribution in [2.75, 3.05) is 4.90 Å². The number of hydrogen-bond acceptors (Lipinski definition) is 3. The van der Waals surface area contributed by atoms with E-state index in [-0.39, 0.29) is 17.7 Å². The van der Waals surface area contributed by atoms with Gasteiger partial charge >= 0.3 is 0 Å². The van der Waals surface area contributed by atoms with Gasteiger partial charge in [0.25, 0.3) is 17.7 Å². The zero-order chi connectivity index (χ0) is 15.4. The Hall–Kier alpha value is -2.95. The Morgan fingerprint density at radius 3 is 2.18 bits per heavy atom. The van der Waals surface area contributed by atoms with Crippen molar-refractivity contribution in [2.45, 2.75) is 13.5 Å². The molecule has 0 aromatic heterocycles. The summed E-state index contributed by atoms with van der Waals surface area (Å²) in [5.41, 5.74) is 3.37. The van der Waals surface area contributed by atoms with E-state index in [9.17, 15) is 14.4 Å². The zero-order valence-electron chi connectivity index (χ0n) is 11.8. The summed E-state index contributed by atoms with van der Waals surface area (Å²) >= 11 is 0. The largest absolute Gasteiger partial charge is 0.348 e. The Bertz CT molecular complexity index is 835. The van der Waals surface area contributed by atoms with E-state index in [4.69, 9.17) is 0 Å². The van der Waals surface area contributed by atoms with Gasteiger partial charge in [0.15, 0.2) is 0 Å². The quantitative estimate of drug-likeness (QED) is 0.818. The third-order valence-electron chi connectivity index (χ3n) is 4.17. The molecule has 2 aromatic carbocycles. The highest BCUT2D eigenvalue weighted by atomic mass is 16.2.